The number of benzene rings is 2. The summed E-state index contributed by atoms with van der Waals surface area (Å²) in [6.45, 7) is 7.48. The van der Waals surface area contributed by atoms with Crippen molar-refractivity contribution in [1.82, 2.24) is 5.32 Å². The van der Waals surface area contributed by atoms with Crippen LogP contribution in [0.1, 0.15) is 53.9 Å². The first-order valence-corrected chi connectivity index (χ1v) is 11.4. The average Bonchev–Trinajstić information content (AvgIpc) is 3.08. The highest BCUT2D eigenvalue weighted by Crippen LogP contribution is 2.40. The van der Waals surface area contributed by atoms with E-state index in [0.717, 1.165) is 17.7 Å². The number of hydrogen-bond acceptors (Lipinski definition) is 5. The number of carbonyl (C=O) groups excluding carboxylic acids is 1. The van der Waals surface area contributed by atoms with Crippen molar-refractivity contribution in [1.29, 1.82) is 0 Å². The van der Waals surface area contributed by atoms with Crippen LogP contribution in [0, 0.1) is 5.41 Å². The number of methoxy groups -OCH3 is 1. The third kappa shape index (κ3) is 4.62. The maximum absolute atomic E-state index is 12.5. The molecule has 1 aliphatic heterocycles. The summed E-state index contributed by atoms with van der Waals surface area (Å²) < 4.78 is 31.1. The molecule has 3 rings (SSSR count). The van der Waals surface area contributed by atoms with Gasteiger partial charge in [-0.1, -0.05) is 39.0 Å². The maximum Gasteiger partial charge on any atom is 0.337 e. The van der Waals surface area contributed by atoms with Gasteiger partial charge >= 0.3 is 5.97 Å². The number of sulfonamides is 1. The zero-order valence-corrected chi connectivity index (χ0v) is 18.3. The molecule has 156 valence electrons. The van der Waals surface area contributed by atoms with Crippen LogP contribution in [0.3, 0.4) is 0 Å². The predicted molar refractivity (Wildman–Crippen MR) is 114 cm³/mol. The van der Waals surface area contributed by atoms with Crippen LogP contribution < -0.4 is 9.62 Å². The molecule has 0 aromatic heterocycles. The molecule has 2 aromatic carbocycles. The van der Waals surface area contributed by atoms with Crippen LogP contribution in [0.5, 0.6) is 0 Å². The predicted octanol–water partition coefficient (Wildman–Crippen LogP) is 3.63. The Morgan fingerprint density at radius 1 is 1.17 bits per heavy atom. The second kappa shape index (κ2) is 7.80. The van der Waals surface area contributed by atoms with Crippen molar-refractivity contribution in [3.63, 3.8) is 0 Å². The lowest BCUT2D eigenvalue weighted by atomic mass is 9.83. The Bertz CT molecular complexity index is 1010. The Hall–Kier alpha value is -2.38. The molecule has 29 heavy (non-hydrogen) atoms. The lowest BCUT2D eigenvalue weighted by molar-refractivity contribution is 0.0600. The Labute approximate surface area is 172 Å². The van der Waals surface area contributed by atoms with E-state index < -0.39 is 16.0 Å². The van der Waals surface area contributed by atoms with E-state index in [1.54, 1.807) is 24.3 Å². The van der Waals surface area contributed by atoms with Gasteiger partial charge < -0.3 is 10.1 Å². The van der Waals surface area contributed by atoms with Gasteiger partial charge in [0.2, 0.25) is 10.0 Å². The first-order chi connectivity index (χ1) is 13.5. The molecule has 7 heteroatoms. The molecule has 0 saturated heterocycles. The summed E-state index contributed by atoms with van der Waals surface area (Å²) in [4.78, 5) is 11.6. The summed E-state index contributed by atoms with van der Waals surface area (Å²) in [7, 11) is -2.16. The highest BCUT2D eigenvalue weighted by molar-refractivity contribution is 7.92. The van der Waals surface area contributed by atoms with Crippen molar-refractivity contribution in [3.8, 4) is 0 Å². The minimum atomic E-state index is -3.49. The van der Waals surface area contributed by atoms with Gasteiger partial charge in [0.25, 0.3) is 0 Å². The van der Waals surface area contributed by atoms with Gasteiger partial charge in [0.15, 0.2) is 0 Å². The van der Waals surface area contributed by atoms with Gasteiger partial charge in [0.1, 0.15) is 0 Å². The van der Waals surface area contributed by atoms with Crippen LogP contribution in [0.25, 0.3) is 0 Å². The molecular formula is C22H28N2O4S. The van der Waals surface area contributed by atoms with Crippen LogP contribution in [-0.4, -0.2) is 27.8 Å². The van der Waals surface area contributed by atoms with E-state index in [4.69, 9.17) is 4.74 Å². The Morgan fingerprint density at radius 2 is 1.83 bits per heavy atom. The van der Waals surface area contributed by atoms with Crippen LogP contribution in [0.15, 0.2) is 42.5 Å². The molecule has 0 aliphatic carbocycles. The summed E-state index contributed by atoms with van der Waals surface area (Å²) in [5, 5.41) is 3.53. The monoisotopic (exact) mass is 416 g/mol. The summed E-state index contributed by atoms with van der Waals surface area (Å²) in [6.07, 6.45) is 1.21. The normalized spacial score (nSPS) is 16.4. The lowest BCUT2D eigenvalue weighted by Crippen LogP contribution is -2.29. The number of hydrogen-bond donors (Lipinski definition) is 1. The van der Waals surface area contributed by atoms with Crippen molar-refractivity contribution >= 4 is 21.7 Å². The Kier molecular flexibility index (Phi) is 5.74. The summed E-state index contributed by atoms with van der Waals surface area (Å²) in [6, 6.07) is 12.9. The molecule has 1 heterocycles. The topological polar surface area (TPSA) is 75.7 Å². The number of nitrogens with one attached hydrogen (secondary N) is 1. The number of ether oxygens (including phenoxy) is 1. The van der Waals surface area contributed by atoms with Crippen molar-refractivity contribution in [3.05, 3.63) is 64.7 Å². The SMILES string of the molecule is COC(=O)c1ccc(CN(c2ccc3c(c2)CNC3C(C)(C)C)S(C)(=O)=O)cc1. The van der Waals surface area contributed by atoms with Crippen LogP contribution in [0.2, 0.25) is 0 Å². The summed E-state index contributed by atoms with van der Waals surface area (Å²) >= 11 is 0. The number of anilines is 1. The van der Waals surface area contributed by atoms with Gasteiger partial charge in [-0.05, 0) is 46.4 Å². The highest BCUT2D eigenvalue weighted by Gasteiger charge is 2.32. The third-order valence-electron chi connectivity index (χ3n) is 5.19. The second-order valence-corrected chi connectivity index (χ2v) is 10.4. The molecule has 1 aliphatic rings. The van der Waals surface area contributed by atoms with Gasteiger partial charge in [0.05, 0.1) is 31.2 Å². The number of fused-ring (bicyclic) bond motifs is 1. The van der Waals surface area contributed by atoms with Crippen molar-refractivity contribution in [2.24, 2.45) is 5.41 Å². The molecule has 0 amide bonds. The standard InChI is InChI=1S/C22H28N2O4S/c1-22(2,3)20-19-11-10-18(12-17(19)13-23-20)24(29(5,26)27)14-15-6-8-16(9-7-15)21(25)28-4/h6-12,20,23H,13-14H2,1-5H3. The molecule has 0 fully saturated rings. The molecule has 6 nitrogen and oxygen atoms in total. The molecule has 1 N–H and O–H groups in total. The summed E-state index contributed by atoms with van der Waals surface area (Å²) in [5.74, 6) is -0.420. The van der Waals surface area contributed by atoms with Crippen molar-refractivity contribution in [2.45, 2.75) is 39.9 Å². The minimum Gasteiger partial charge on any atom is -0.465 e. The van der Waals surface area contributed by atoms with Crippen LogP contribution in [0.4, 0.5) is 5.69 Å². The van der Waals surface area contributed by atoms with Crippen molar-refractivity contribution in [2.75, 3.05) is 17.7 Å². The van der Waals surface area contributed by atoms with Gasteiger partial charge in [-0.25, -0.2) is 13.2 Å². The van der Waals surface area contributed by atoms with Gasteiger partial charge in [-0.15, -0.1) is 0 Å². The van der Waals surface area contributed by atoms with Crippen LogP contribution in [-0.2, 0) is 27.8 Å². The number of rotatable bonds is 5. The molecule has 0 bridgehead atoms. The number of esters is 1. The smallest absolute Gasteiger partial charge is 0.337 e. The molecule has 0 spiro atoms. The van der Waals surface area contributed by atoms with E-state index in [2.05, 4.69) is 26.1 Å². The minimum absolute atomic E-state index is 0.0741. The fraction of sp³-hybridized carbons (Fsp3) is 0.409. The molecule has 2 aromatic rings. The van der Waals surface area contributed by atoms with Gasteiger partial charge in [-0.2, -0.15) is 0 Å². The zero-order chi connectivity index (χ0) is 21.4. The molecule has 1 atom stereocenters. The molecule has 1 unspecified atom stereocenters. The maximum atomic E-state index is 12.5. The van der Waals surface area contributed by atoms with Gasteiger partial charge in [-0.3, -0.25) is 4.31 Å². The molecule has 0 saturated carbocycles. The van der Waals surface area contributed by atoms with Crippen molar-refractivity contribution < 1.29 is 17.9 Å². The van der Waals surface area contributed by atoms with Crippen LogP contribution >= 0.6 is 0 Å². The third-order valence-corrected chi connectivity index (χ3v) is 6.33. The first kappa shape index (κ1) is 21.3. The zero-order valence-electron chi connectivity index (χ0n) is 17.5. The van der Waals surface area contributed by atoms with E-state index in [-0.39, 0.29) is 18.0 Å². The van der Waals surface area contributed by atoms with Gasteiger partial charge in [0, 0.05) is 12.6 Å². The largest absolute Gasteiger partial charge is 0.465 e. The Balaban J connectivity index is 1.90. The number of carbonyl (C=O) groups is 1. The highest BCUT2D eigenvalue weighted by atomic mass is 32.2. The first-order valence-electron chi connectivity index (χ1n) is 9.52. The molecule has 0 radical (unpaired) electrons. The quantitative estimate of drug-likeness (QED) is 0.754. The Morgan fingerprint density at radius 3 is 2.38 bits per heavy atom. The van der Waals surface area contributed by atoms with E-state index >= 15 is 0 Å². The number of nitrogens with zero attached hydrogens (tertiary/aromatic N) is 1. The summed E-state index contributed by atoms with van der Waals surface area (Å²) in [5.41, 5.74) is 4.27. The van der Waals surface area contributed by atoms with E-state index in [1.807, 2.05) is 18.2 Å². The fourth-order valence-corrected chi connectivity index (χ4v) is 4.59. The average molecular weight is 417 g/mol. The molecular weight excluding hydrogens is 388 g/mol. The van der Waals surface area contributed by atoms with E-state index in [0.29, 0.717) is 11.3 Å². The van der Waals surface area contributed by atoms with E-state index in [1.165, 1.54) is 23.2 Å². The lowest BCUT2D eigenvalue weighted by Gasteiger charge is -2.28. The van der Waals surface area contributed by atoms with E-state index in [9.17, 15) is 13.2 Å². The fourth-order valence-electron chi connectivity index (χ4n) is 3.71. The second-order valence-electron chi connectivity index (χ2n) is 8.52.